The molecule has 0 N–H and O–H groups in total. The van der Waals surface area contributed by atoms with Crippen molar-refractivity contribution >= 4 is 11.9 Å². The lowest BCUT2D eigenvalue weighted by Crippen LogP contribution is -2.30. The largest absolute Gasteiger partial charge is 0.462 e. The maximum absolute atomic E-state index is 12.8. The van der Waals surface area contributed by atoms with Gasteiger partial charge in [0.05, 0.1) is 6.61 Å². The van der Waals surface area contributed by atoms with E-state index in [4.69, 9.17) is 14.2 Å². The molecular formula is C57H98O5. The summed E-state index contributed by atoms with van der Waals surface area (Å²) in [6, 6.07) is 0. The quantitative estimate of drug-likeness (QED) is 0.0346. The first kappa shape index (κ1) is 59.1. The van der Waals surface area contributed by atoms with Crippen LogP contribution in [0.15, 0.2) is 85.1 Å². The van der Waals surface area contributed by atoms with Gasteiger partial charge in [0.25, 0.3) is 0 Å². The molecule has 0 bridgehead atoms. The zero-order valence-corrected chi connectivity index (χ0v) is 40.9. The second kappa shape index (κ2) is 52.4. The fourth-order valence-corrected chi connectivity index (χ4v) is 7.00. The smallest absolute Gasteiger partial charge is 0.306 e. The molecule has 5 heteroatoms. The van der Waals surface area contributed by atoms with Gasteiger partial charge in [-0.15, -0.1) is 0 Å². The molecule has 62 heavy (non-hydrogen) atoms. The fourth-order valence-electron chi connectivity index (χ4n) is 7.00. The summed E-state index contributed by atoms with van der Waals surface area (Å²) in [6.07, 6.45) is 68.8. The van der Waals surface area contributed by atoms with Crippen LogP contribution in [0.1, 0.15) is 239 Å². The van der Waals surface area contributed by atoms with E-state index in [9.17, 15) is 9.59 Å². The minimum Gasteiger partial charge on any atom is -0.462 e. The highest BCUT2D eigenvalue weighted by molar-refractivity contribution is 5.70. The monoisotopic (exact) mass is 863 g/mol. The second-order valence-corrected chi connectivity index (χ2v) is 17.0. The summed E-state index contributed by atoms with van der Waals surface area (Å²) in [5, 5.41) is 0. The van der Waals surface area contributed by atoms with Crippen molar-refractivity contribution in [2.75, 3.05) is 19.8 Å². The number of rotatable bonds is 47. The SMILES string of the molecule is CC/C=C\C/C=C\C/C=C\C/C=C\CCCCC(=O)OC(COCCCCCCCC/C=C\C/C=C\CCC)COC(=O)CCCCCCCCC/C=C\CCCCCCCC. The van der Waals surface area contributed by atoms with E-state index >= 15 is 0 Å². The summed E-state index contributed by atoms with van der Waals surface area (Å²) >= 11 is 0. The third-order valence-corrected chi connectivity index (χ3v) is 10.9. The van der Waals surface area contributed by atoms with Crippen molar-refractivity contribution in [3.8, 4) is 0 Å². The number of allylic oxidation sites excluding steroid dienone is 14. The number of hydrogen-bond donors (Lipinski definition) is 0. The molecule has 1 atom stereocenters. The summed E-state index contributed by atoms with van der Waals surface area (Å²) in [5.74, 6) is -0.456. The van der Waals surface area contributed by atoms with Crippen molar-refractivity contribution in [3.05, 3.63) is 85.1 Å². The van der Waals surface area contributed by atoms with Gasteiger partial charge < -0.3 is 14.2 Å². The second-order valence-electron chi connectivity index (χ2n) is 17.0. The third-order valence-electron chi connectivity index (χ3n) is 10.9. The Morgan fingerprint density at radius 3 is 1.27 bits per heavy atom. The molecule has 1 unspecified atom stereocenters. The van der Waals surface area contributed by atoms with E-state index in [2.05, 4.69) is 106 Å². The molecule has 0 aliphatic heterocycles. The van der Waals surface area contributed by atoms with E-state index in [0.717, 1.165) is 83.5 Å². The predicted octanol–water partition coefficient (Wildman–Crippen LogP) is 17.7. The minimum atomic E-state index is -0.568. The normalized spacial score (nSPS) is 12.9. The van der Waals surface area contributed by atoms with Crippen LogP contribution in [0.3, 0.4) is 0 Å². The molecule has 0 radical (unpaired) electrons. The lowest BCUT2D eigenvalue weighted by atomic mass is 10.1. The van der Waals surface area contributed by atoms with Crippen LogP contribution in [-0.2, 0) is 23.8 Å². The third kappa shape index (κ3) is 49.7. The first-order valence-electron chi connectivity index (χ1n) is 26.1. The van der Waals surface area contributed by atoms with Crippen LogP contribution in [0, 0.1) is 0 Å². The van der Waals surface area contributed by atoms with Crippen molar-refractivity contribution in [2.45, 2.75) is 245 Å². The van der Waals surface area contributed by atoms with Crippen LogP contribution in [0.2, 0.25) is 0 Å². The molecule has 0 aliphatic rings. The molecule has 0 aromatic carbocycles. The van der Waals surface area contributed by atoms with Gasteiger partial charge in [0.2, 0.25) is 0 Å². The number of carbonyl (C=O) groups is 2. The molecule has 0 rings (SSSR count). The van der Waals surface area contributed by atoms with Gasteiger partial charge in [0.15, 0.2) is 6.10 Å². The Hall–Kier alpha value is -2.92. The summed E-state index contributed by atoms with van der Waals surface area (Å²) in [6.45, 7) is 7.58. The molecule has 0 saturated heterocycles. The van der Waals surface area contributed by atoms with Gasteiger partial charge in [0.1, 0.15) is 6.61 Å². The van der Waals surface area contributed by atoms with E-state index < -0.39 is 6.10 Å². The fraction of sp³-hybridized carbons (Fsp3) is 0.719. The number of unbranched alkanes of at least 4 members (excludes halogenated alkanes) is 22. The van der Waals surface area contributed by atoms with E-state index in [-0.39, 0.29) is 25.2 Å². The van der Waals surface area contributed by atoms with Crippen LogP contribution < -0.4 is 0 Å². The van der Waals surface area contributed by atoms with Crippen LogP contribution in [0.4, 0.5) is 0 Å². The molecule has 0 aromatic rings. The van der Waals surface area contributed by atoms with Crippen molar-refractivity contribution in [1.82, 2.24) is 0 Å². The van der Waals surface area contributed by atoms with Gasteiger partial charge >= 0.3 is 11.9 Å². The average molecular weight is 863 g/mol. The molecule has 356 valence electrons. The van der Waals surface area contributed by atoms with Gasteiger partial charge in [-0.2, -0.15) is 0 Å². The van der Waals surface area contributed by atoms with Crippen LogP contribution >= 0.6 is 0 Å². The Kier molecular flexibility index (Phi) is 50.0. The average Bonchev–Trinajstić information content (AvgIpc) is 3.27. The Balaban J connectivity index is 4.35. The van der Waals surface area contributed by atoms with Gasteiger partial charge in [0, 0.05) is 19.4 Å². The summed E-state index contributed by atoms with van der Waals surface area (Å²) in [5.41, 5.74) is 0. The predicted molar refractivity (Wildman–Crippen MR) is 270 cm³/mol. The number of ether oxygens (including phenoxy) is 3. The topological polar surface area (TPSA) is 61.8 Å². The van der Waals surface area contributed by atoms with Crippen LogP contribution in [-0.4, -0.2) is 37.9 Å². The Bertz CT molecular complexity index is 1160. The minimum absolute atomic E-state index is 0.0589. The molecule has 0 aromatic heterocycles. The Morgan fingerprint density at radius 1 is 0.371 bits per heavy atom. The van der Waals surface area contributed by atoms with Gasteiger partial charge in [-0.25, -0.2) is 0 Å². The van der Waals surface area contributed by atoms with Crippen LogP contribution in [0.25, 0.3) is 0 Å². The summed E-state index contributed by atoms with van der Waals surface area (Å²) in [7, 11) is 0. The maximum atomic E-state index is 12.8. The zero-order chi connectivity index (χ0) is 44.9. The molecule has 0 aliphatic carbocycles. The molecular weight excluding hydrogens is 765 g/mol. The molecule has 0 fully saturated rings. The summed E-state index contributed by atoms with van der Waals surface area (Å²) in [4.78, 5) is 25.4. The number of carbonyl (C=O) groups excluding carboxylic acids is 2. The van der Waals surface area contributed by atoms with E-state index in [1.54, 1.807) is 0 Å². The highest BCUT2D eigenvalue weighted by Gasteiger charge is 2.17. The number of esters is 2. The lowest BCUT2D eigenvalue weighted by molar-refractivity contribution is -0.163. The summed E-state index contributed by atoms with van der Waals surface area (Å²) < 4.78 is 17.4. The Morgan fingerprint density at radius 2 is 0.758 bits per heavy atom. The lowest BCUT2D eigenvalue weighted by Gasteiger charge is -2.18. The van der Waals surface area contributed by atoms with Gasteiger partial charge in [-0.3, -0.25) is 9.59 Å². The van der Waals surface area contributed by atoms with Gasteiger partial charge in [-0.1, -0.05) is 202 Å². The van der Waals surface area contributed by atoms with Gasteiger partial charge in [-0.05, 0) is 109 Å². The van der Waals surface area contributed by atoms with Crippen molar-refractivity contribution in [1.29, 1.82) is 0 Å². The standard InChI is InChI=1S/C57H98O5/c1-4-7-10-13-16-19-22-25-28-29-31-32-35-38-41-44-47-50-56(58)61-54-55(53-60-52-49-46-43-40-37-34-27-24-21-18-15-12-9-6-3)62-57(59)51-48-45-42-39-36-33-30-26-23-20-17-14-11-8-5-2/h8,11-12,15,17,20-21,24-26,28,30,36,39,55H,4-7,9-10,13-14,16,18-19,22-23,27,29,31-35,37-38,40-54H2,1-3H3/b11-8-,15-12-,20-17-,24-21-,28-25-,30-26-,39-36-. The highest BCUT2D eigenvalue weighted by Crippen LogP contribution is 2.13. The van der Waals surface area contributed by atoms with Crippen LogP contribution in [0.5, 0.6) is 0 Å². The van der Waals surface area contributed by atoms with Crippen molar-refractivity contribution in [2.24, 2.45) is 0 Å². The Labute approximate surface area is 384 Å². The molecule has 0 amide bonds. The molecule has 0 saturated carbocycles. The molecule has 5 nitrogen and oxygen atoms in total. The van der Waals surface area contributed by atoms with Crippen molar-refractivity contribution < 1.29 is 23.8 Å². The zero-order valence-electron chi connectivity index (χ0n) is 40.9. The van der Waals surface area contributed by atoms with E-state index in [1.165, 1.54) is 122 Å². The van der Waals surface area contributed by atoms with E-state index in [0.29, 0.717) is 19.4 Å². The maximum Gasteiger partial charge on any atom is 0.306 e. The molecule has 0 spiro atoms. The highest BCUT2D eigenvalue weighted by atomic mass is 16.6. The first-order chi connectivity index (χ1) is 30.6. The first-order valence-corrected chi connectivity index (χ1v) is 26.1. The van der Waals surface area contributed by atoms with E-state index in [1.807, 2.05) is 0 Å². The van der Waals surface area contributed by atoms with Crippen molar-refractivity contribution in [3.63, 3.8) is 0 Å². The number of hydrogen-bond acceptors (Lipinski definition) is 5. The molecule has 0 heterocycles.